The Hall–Kier alpha value is -1.75. The van der Waals surface area contributed by atoms with Crippen LogP contribution in [0.25, 0.3) is 0 Å². The van der Waals surface area contributed by atoms with Gasteiger partial charge in [0.1, 0.15) is 5.75 Å². The van der Waals surface area contributed by atoms with Gasteiger partial charge < -0.3 is 4.74 Å². The summed E-state index contributed by atoms with van der Waals surface area (Å²) in [7, 11) is -1.09. The van der Waals surface area contributed by atoms with E-state index in [-0.39, 0.29) is 5.75 Å². The zero-order chi connectivity index (χ0) is 15.2. The first-order chi connectivity index (χ1) is 10.0. The lowest BCUT2D eigenvalue weighted by molar-refractivity contribution is -0.0498. The van der Waals surface area contributed by atoms with Gasteiger partial charge in [0.15, 0.2) is 0 Å². The maximum Gasteiger partial charge on any atom is 0.387 e. The van der Waals surface area contributed by atoms with Gasteiger partial charge >= 0.3 is 6.61 Å². The molecular weight excluding hydrogens is 294 g/mol. The Morgan fingerprint density at radius 2 is 1.67 bits per heavy atom. The Bertz CT molecular complexity index is 629. The minimum atomic E-state index is -2.85. The van der Waals surface area contributed by atoms with Crippen LogP contribution in [0.15, 0.2) is 48.5 Å². The predicted octanol–water partition coefficient (Wildman–Crippen LogP) is 4.05. The van der Waals surface area contributed by atoms with Crippen molar-refractivity contribution in [1.29, 1.82) is 0 Å². The quantitative estimate of drug-likeness (QED) is 0.805. The van der Waals surface area contributed by atoms with Crippen molar-refractivity contribution in [3.05, 3.63) is 65.2 Å². The Balaban J connectivity index is 1.99. The molecule has 21 heavy (non-hydrogen) atoms. The molecule has 0 amide bonds. The fourth-order valence-corrected chi connectivity index (χ4v) is 3.24. The summed E-state index contributed by atoms with van der Waals surface area (Å²) in [5.74, 6) is 0.853. The van der Waals surface area contributed by atoms with Crippen LogP contribution in [0.1, 0.15) is 16.7 Å². The van der Waals surface area contributed by atoms with Crippen molar-refractivity contribution in [1.82, 2.24) is 0 Å². The van der Waals surface area contributed by atoms with Gasteiger partial charge in [0.2, 0.25) is 0 Å². The number of hydrogen-bond acceptors (Lipinski definition) is 2. The molecular formula is C16H16F2O2S. The smallest absolute Gasteiger partial charge is 0.387 e. The summed E-state index contributed by atoms with van der Waals surface area (Å²) in [5, 5.41) is 0. The molecule has 0 bridgehead atoms. The summed E-state index contributed by atoms with van der Waals surface area (Å²) in [6.45, 7) is -0.865. The van der Waals surface area contributed by atoms with E-state index in [9.17, 15) is 13.0 Å². The minimum Gasteiger partial charge on any atom is -0.435 e. The standard InChI is InChI=1S/C16H16F2O2S/c1-12-4-2-5-13(8-12)10-21(19)11-14-6-3-7-15(9-14)20-16(17)18/h2-9,16H,10-11H2,1H3/t21-/m1/s1. The molecule has 0 unspecified atom stereocenters. The first kappa shape index (κ1) is 15.6. The van der Waals surface area contributed by atoms with Crippen LogP contribution in [0.2, 0.25) is 0 Å². The fraction of sp³-hybridized carbons (Fsp3) is 0.250. The van der Waals surface area contributed by atoms with Gasteiger partial charge in [-0.1, -0.05) is 42.0 Å². The highest BCUT2D eigenvalue weighted by Gasteiger charge is 2.07. The first-order valence-electron chi connectivity index (χ1n) is 6.47. The molecule has 2 nitrogen and oxygen atoms in total. The fourth-order valence-electron chi connectivity index (χ4n) is 2.04. The molecule has 0 radical (unpaired) electrons. The van der Waals surface area contributed by atoms with Crippen LogP contribution in [0, 0.1) is 6.92 Å². The van der Waals surface area contributed by atoms with Crippen LogP contribution in [0.4, 0.5) is 8.78 Å². The molecule has 0 aliphatic rings. The van der Waals surface area contributed by atoms with Crippen molar-refractivity contribution in [2.75, 3.05) is 0 Å². The van der Waals surface area contributed by atoms with Crippen LogP contribution in [0.3, 0.4) is 0 Å². The molecule has 0 N–H and O–H groups in total. The highest BCUT2D eigenvalue weighted by Crippen LogP contribution is 2.18. The van der Waals surface area contributed by atoms with E-state index in [0.29, 0.717) is 11.5 Å². The number of ether oxygens (including phenoxy) is 1. The molecule has 2 aromatic carbocycles. The van der Waals surface area contributed by atoms with Gasteiger partial charge in [-0.2, -0.15) is 8.78 Å². The number of benzene rings is 2. The van der Waals surface area contributed by atoms with E-state index < -0.39 is 17.4 Å². The summed E-state index contributed by atoms with van der Waals surface area (Å²) in [6, 6.07) is 14.2. The summed E-state index contributed by atoms with van der Waals surface area (Å²) in [6.07, 6.45) is 0. The van der Waals surface area contributed by atoms with E-state index in [1.54, 1.807) is 12.1 Å². The molecule has 0 saturated heterocycles. The molecule has 112 valence electrons. The number of alkyl halides is 2. The Morgan fingerprint density at radius 3 is 2.29 bits per heavy atom. The van der Waals surface area contributed by atoms with Crippen molar-refractivity contribution < 1.29 is 17.7 Å². The second-order valence-corrected chi connectivity index (χ2v) is 6.20. The summed E-state index contributed by atoms with van der Waals surface area (Å²) < 4.78 is 40.8. The van der Waals surface area contributed by atoms with Gasteiger partial charge in [-0.15, -0.1) is 0 Å². The maximum atomic E-state index is 12.2. The third-order valence-electron chi connectivity index (χ3n) is 2.86. The van der Waals surface area contributed by atoms with Crippen LogP contribution in [-0.2, 0) is 22.3 Å². The second kappa shape index (κ2) is 7.31. The molecule has 0 fully saturated rings. The van der Waals surface area contributed by atoms with Gasteiger partial charge in [-0.3, -0.25) is 4.21 Å². The highest BCUT2D eigenvalue weighted by atomic mass is 32.2. The van der Waals surface area contributed by atoms with Gasteiger partial charge in [0.05, 0.1) is 0 Å². The summed E-state index contributed by atoms with van der Waals surface area (Å²) in [4.78, 5) is 0. The third-order valence-corrected chi connectivity index (χ3v) is 4.17. The molecule has 0 heterocycles. The number of hydrogen-bond donors (Lipinski definition) is 0. The van der Waals surface area contributed by atoms with E-state index in [0.717, 1.165) is 16.7 Å². The lowest BCUT2D eigenvalue weighted by Crippen LogP contribution is -2.03. The molecule has 2 rings (SSSR count). The normalized spacial score (nSPS) is 12.4. The number of rotatable bonds is 6. The molecule has 0 aliphatic carbocycles. The van der Waals surface area contributed by atoms with E-state index in [4.69, 9.17) is 0 Å². The summed E-state index contributed by atoms with van der Waals surface area (Å²) in [5.41, 5.74) is 2.85. The van der Waals surface area contributed by atoms with Crippen molar-refractivity contribution in [2.45, 2.75) is 25.0 Å². The lowest BCUT2D eigenvalue weighted by Gasteiger charge is -2.07. The molecule has 0 aliphatic heterocycles. The molecule has 0 saturated carbocycles. The average molecular weight is 310 g/mol. The Labute approximate surface area is 125 Å². The molecule has 0 spiro atoms. The van der Waals surface area contributed by atoms with Gasteiger partial charge in [0, 0.05) is 22.3 Å². The van der Waals surface area contributed by atoms with E-state index >= 15 is 0 Å². The van der Waals surface area contributed by atoms with Crippen molar-refractivity contribution in [3.8, 4) is 5.75 Å². The number of aryl methyl sites for hydroxylation is 1. The van der Waals surface area contributed by atoms with E-state index in [1.807, 2.05) is 31.2 Å². The van der Waals surface area contributed by atoms with Crippen molar-refractivity contribution >= 4 is 10.8 Å². The zero-order valence-electron chi connectivity index (χ0n) is 11.6. The SMILES string of the molecule is Cc1cccc(C[S@@](=O)Cc2cccc(OC(F)F)c2)c1. The molecule has 1 atom stereocenters. The molecule has 5 heteroatoms. The van der Waals surface area contributed by atoms with Gasteiger partial charge in [-0.25, -0.2) is 0 Å². The molecule has 0 aromatic heterocycles. The first-order valence-corrected chi connectivity index (χ1v) is 7.96. The predicted molar refractivity (Wildman–Crippen MR) is 79.8 cm³/mol. The zero-order valence-corrected chi connectivity index (χ0v) is 12.4. The maximum absolute atomic E-state index is 12.2. The van der Waals surface area contributed by atoms with E-state index in [2.05, 4.69) is 4.74 Å². The second-order valence-electron chi connectivity index (χ2n) is 4.74. The van der Waals surface area contributed by atoms with E-state index in [1.165, 1.54) is 12.1 Å². The minimum absolute atomic E-state index is 0.0926. The van der Waals surface area contributed by atoms with Gasteiger partial charge in [-0.05, 0) is 30.2 Å². The summed E-state index contributed by atoms with van der Waals surface area (Å²) >= 11 is 0. The topological polar surface area (TPSA) is 26.3 Å². The lowest BCUT2D eigenvalue weighted by atomic mass is 10.2. The van der Waals surface area contributed by atoms with Crippen molar-refractivity contribution in [3.63, 3.8) is 0 Å². The van der Waals surface area contributed by atoms with Crippen LogP contribution < -0.4 is 4.74 Å². The van der Waals surface area contributed by atoms with Crippen LogP contribution >= 0.6 is 0 Å². The monoisotopic (exact) mass is 310 g/mol. The Kier molecular flexibility index (Phi) is 5.44. The van der Waals surface area contributed by atoms with Crippen molar-refractivity contribution in [2.24, 2.45) is 0 Å². The average Bonchev–Trinajstić information content (AvgIpc) is 2.37. The largest absolute Gasteiger partial charge is 0.435 e. The molecule has 2 aromatic rings. The van der Waals surface area contributed by atoms with Crippen LogP contribution in [0.5, 0.6) is 5.75 Å². The highest BCUT2D eigenvalue weighted by molar-refractivity contribution is 7.83. The van der Waals surface area contributed by atoms with Gasteiger partial charge in [0.25, 0.3) is 0 Å². The third kappa shape index (κ3) is 5.27. The van der Waals surface area contributed by atoms with Crippen LogP contribution in [-0.4, -0.2) is 10.8 Å². The number of halogens is 2. The Morgan fingerprint density at radius 1 is 1.05 bits per heavy atom.